The molecule has 0 amide bonds. The van der Waals surface area contributed by atoms with Crippen molar-refractivity contribution in [2.45, 2.75) is 4.90 Å². The normalized spacial score (nSPS) is 10.6. The van der Waals surface area contributed by atoms with Crippen molar-refractivity contribution in [2.24, 2.45) is 0 Å². The number of aromatic hydroxyl groups is 1. The highest BCUT2D eigenvalue weighted by molar-refractivity contribution is 7.80. The first-order valence-electron chi connectivity index (χ1n) is 3.68. The number of phenolic OH excluding ortho intramolecular Hbond substituents is 1. The molecule has 0 atom stereocenters. The molecular weight excluding hydrogens is 222 g/mol. The topological polar surface area (TPSA) is 63.4 Å². The third kappa shape index (κ3) is 1.23. The predicted octanol–water partition coefficient (Wildman–Crippen LogP) is 2.80. The summed E-state index contributed by atoms with van der Waals surface area (Å²) in [4.78, 5) is 10.2. The van der Waals surface area contributed by atoms with Gasteiger partial charge in [0.15, 0.2) is 0 Å². The quantitative estimate of drug-likeness (QED) is 0.447. The van der Waals surface area contributed by atoms with E-state index < -0.39 is 4.92 Å². The van der Waals surface area contributed by atoms with Crippen LogP contribution in [0.2, 0.25) is 0 Å². The Balaban J connectivity index is 2.87. The van der Waals surface area contributed by atoms with Crippen molar-refractivity contribution in [1.29, 1.82) is 0 Å². The van der Waals surface area contributed by atoms with Crippen LogP contribution in [0.25, 0.3) is 10.1 Å². The summed E-state index contributed by atoms with van der Waals surface area (Å²) >= 11 is 5.42. The second-order valence-electron chi connectivity index (χ2n) is 2.68. The summed E-state index contributed by atoms with van der Waals surface area (Å²) in [5.41, 5.74) is -0.301. The number of hydrogen-bond acceptors (Lipinski definition) is 5. The molecule has 0 fully saturated rings. The average molecular weight is 227 g/mol. The maximum Gasteiger partial charge on any atom is 0.313 e. The van der Waals surface area contributed by atoms with Gasteiger partial charge in [0, 0.05) is 16.2 Å². The zero-order valence-electron chi connectivity index (χ0n) is 6.80. The summed E-state index contributed by atoms with van der Waals surface area (Å²) in [6, 6.07) is 3.13. The minimum absolute atomic E-state index is 0.260. The van der Waals surface area contributed by atoms with E-state index in [2.05, 4.69) is 12.6 Å². The summed E-state index contributed by atoms with van der Waals surface area (Å²) in [6.07, 6.45) is 0. The van der Waals surface area contributed by atoms with Crippen molar-refractivity contribution in [2.75, 3.05) is 0 Å². The molecule has 0 aliphatic carbocycles. The zero-order valence-corrected chi connectivity index (χ0v) is 8.51. The van der Waals surface area contributed by atoms with E-state index in [4.69, 9.17) is 0 Å². The molecule has 0 unspecified atom stereocenters. The monoisotopic (exact) mass is 227 g/mol. The van der Waals surface area contributed by atoms with Gasteiger partial charge < -0.3 is 5.11 Å². The van der Waals surface area contributed by atoms with Crippen LogP contribution in [0, 0.1) is 10.1 Å². The maximum atomic E-state index is 10.6. The van der Waals surface area contributed by atoms with Crippen LogP contribution in [0.1, 0.15) is 0 Å². The van der Waals surface area contributed by atoms with Crippen molar-refractivity contribution in [3.05, 3.63) is 27.6 Å². The fourth-order valence-electron chi connectivity index (χ4n) is 1.21. The lowest BCUT2D eigenvalue weighted by Gasteiger charge is -2.00. The van der Waals surface area contributed by atoms with Gasteiger partial charge in [0.2, 0.25) is 5.75 Å². The second-order valence-corrected chi connectivity index (χ2v) is 4.08. The van der Waals surface area contributed by atoms with Crippen LogP contribution >= 0.6 is 24.0 Å². The average Bonchev–Trinajstić information content (AvgIpc) is 2.58. The first-order valence-corrected chi connectivity index (χ1v) is 5.00. The number of hydrogen-bond donors (Lipinski definition) is 2. The minimum Gasteiger partial charge on any atom is -0.501 e. The highest BCUT2D eigenvalue weighted by atomic mass is 32.1. The van der Waals surface area contributed by atoms with Crippen molar-refractivity contribution < 1.29 is 10.0 Å². The molecule has 0 saturated carbocycles. The summed E-state index contributed by atoms with van der Waals surface area (Å²) in [7, 11) is 0. The Morgan fingerprint density at radius 2 is 2.29 bits per heavy atom. The number of benzene rings is 1. The highest BCUT2D eigenvalue weighted by Gasteiger charge is 2.19. The lowest BCUT2D eigenvalue weighted by molar-refractivity contribution is -0.385. The number of rotatable bonds is 1. The van der Waals surface area contributed by atoms with Crippen LogP contribution in [0.15, 0.2) is 22.4 Å². The SMILES string of the molecule is O=[N+]([O-])c1cc2sccc2c(S)c1O. The van der Waals surface area contributed by atoms with E-state index in [1.54, 1.807) is 11.4 Å². The van der Waals surface area contributed by atoms with Crippen molar-refractivity contribution >= 4 is 39.7 Å². The second kappa shape index (κ2) is 3.14. The third-order valence-corrected chi connectivity index (χ3v) is 3.20. The van der Waals surface area contributed by atoms with E-state index in [9.17, 15) is 15.2 Å². The number of nitro benzene ring substituents is 1. The van der Waals surface area contributed by atoms with Crippen LogP contribution in [0.3, 0.4) is 0 Å². The Kier molecular flexibility index (Phi) is 2.09. The van der Waals surface area contributed by atoms with Gasteiger partial charge in [0.1, 0.15) is 0 Å². The van der Waals surface area contributed by atoms with E-state index in [1.807, 2.05) is 0 Å². The fraction of sp³-hybridized carbons (Fsp3) is 0. The molecule has 0 radical (unpaired) electrons. The lowest BCUT2D eigenvalue weighted by Crippen LogP contribution is -1.88. The summed E-state index contributed by atoms with van der Waals surface area (Å²) in [5.74, 6) is -0.371. The molecule has 1 aromatic heterocycles. The lowest BCUT2D eigenvalue weighted by atomic mass is 10.2. The van der Waals surface area contributed by atoms with Gasteiger partial charge in [-0.3, -0.25) is 10.1 Å². The summed E-state index contributed by atoms with van der Waals surface area (Å²) < 4.78 is 0.750. The van der Waals surface area contributed by atoms with Gasteiger partial charge in [0.25, 0.3) is 0 Å². The molecule has 14 heavy (non-hydrogen) atoms. The van der Waals surface area contributed by atoms with Gasteiger partial charge in [-0.15, -0.1) is 24.0 Å². The van der Waals surface area contributed by atoms with Gasteiger partial charge in [-0.05, 0) is 11.4 Å². The molecule has 72 valence electrons. The van der Waals surface area contributed by atoms with E-state index in [0.29, 0.717) is 0 Å². The maximum absolute atomic E-state index is 10.6. The van der Waals surface area contributed by atoms with Gasteiger partial charge >= 0.3 is 5.69 Å². The van der Waals surface area contributed by atoms with E-state index in [-0.39, 0.29) is 16.3 Å². The number of nitro groups is 1. The summed E-state index contributed by atoms with van der Waals surface area (Å²) in [6.45, 7) is 0. The molecule has 0 bridgehead atoms. The number of thiol groups is 1. The van der Waals surface area contributed by atoms with Crippen molar-refractivity contribution in [3.63, 3.8) is 0 Å². The molecule has 0 aliphatic heterocycles. The molecule has 0 spiro atoms. The smallest absolute Gasteiger partial charge is 0.313 e. The van der Waals surface area contributed by atoms with Crippen LogP contribution in [-0.2, 0) is 0 Å². The molecule has 0 saturated heterocycles. The van der Waals surface area contributed by atoms with E-state index in [0.717, 1.165) is 10.1 Å². The third-order valence-electron chi connectivity index (χ3n) is 1.88. The fourth-order valence-corrected chi connectivity index (χ4v) is 2.42. The Hall–Kier alpha value is -1.27. The molecule has 2 aromatic rings. The molecule has 0 aliphatic rings. The standard InChI is InChI=1S/C8H5NO3S2/c10-7-5(9(11)12)3-6-4(8(7)13)1-2-14-6/h1-3,10,13H. The molecule has 1 N–H and O–H groups in total. The van der Waals surface area contributed by atoms with Crippen molar-refractivity contribution in [3.8, 4) is 5.75 Å². The van der Waals surface area contributed by atoms with E-state index >= 15 is 0 Å². The Morgan fingerprint density at radius 3 is 2.93 bits per heavy atom. The number of thiophene rings is 1. The number of fused-ring (bicyclic) bond motifs is 1. The number of nitrogens with zero attached hydrogens (tertiary/aromatic N) is 1. The van der Waals surface area contributed by atoms with Gasteiger partial charge in [0.05, 0.1) is 9.82 Å². The van der Waals surface area contributed by atoms with E-state index in [1.165, 1.54) is 17.4 Å². The first kappa shape index (κ1) is 9.29. The molecule has 1 aromatic carbocycles. The van der Waals surface area contributed by atoms with Crippen LogP contribution in [0.4, 0.5) is 5.69 Å². The van der Waals surface area contributed by atoms with Gasteiger partial charge in [-0.2, -0.15) is 0 Å². The first-order chi connectivity index (χ1) is 6.61. The molecular formula is C8H5NO3S2. The Labute approximate surface area is 88.4 Å². The molecule has 6 heteroatoms. The molecule has 2 rings (SSSR count). The number of phenols is 1. The van der Waals surface area contributed by atoms with Crippen LogP contribution < -0.4 is 0 Å². The summed E-state index contributed by atoms with van der Waals surface area (Å²) in [5, 5.41) is 22.6. The van der Waals surface area contributed by atoms with Gasteiger partial charge in [-0.1, -0.05) is 0 Å². The Bertz CT molecular complexity index is 521. The molecule has 4 nitrogen and oxygen atoms in total. The van der Waals surface area contributed by atoms with Crippen molar-refractivity contribution in [1.82, 2.24) is 0 Å². The van der Waals surface area contributed by atoms with Crippen LogP contribution in [-0.4, -0.2) is 10.0 Å². The Morgan fingerprint density at radius 1 is 1.57 bits per heavy atom. The van der Waals surface area contributed by atoms with Gasteiger partial charge in [-0.25, -0.2) is 0 Å². The molecule has 1 heterocycles. The predicted molar refractivity (Wildman–Crippen MR) is 57.4 cm³/mol. The highest BCUT2D eigenvalue weighted by Crippen LogP contribution is 2.40. The zero-order chi connectivity index (χ0) is 10.3. The largest absolute Gasteiger partial charge is 0.501 e. The minimum atomic E-state index is -0.617. The van der Waals surface area contributed by atoms with Crippen LogP contribution in [0.5, 0.6) is 5.75 Å².